The minimum atomic E-state index is -4.82. The minimum absolute atomic E-state index is 0.145. The number of imide groups is 1. The van der Waals surface area contributed by atoms with Crippen molar-refractivity contribution in [3.63, 3.8) is 0 Å². The number of nitrogens with zero attached hydrogens (tertiary/aromatic N) is 4. The third-order valence-corrected chi connectivity index (χ3v) is 5.04. The number of ether oxygens (including phenoxy) is 1. The van der Waals surface area contributed by atoms with Crippen LogP contribution < -0.4 is 14.5 Å². The van der Waals surface area contributed by atoms with Crippen LogP contribution >= 0.6 is 0 Å². The summed E-state index contributed by atoms with van der Waals surface area (Å²) < 4.78 is 40.9. The number of amides is 3. The van der Waals surface area contributed by atoms with Crippen LogP contribution in [0.4, 0.5) is 29.3 Å². The molecule has 1 aliphatic rings. The van der Waals surface area contributed by atoms with Gasteiger partial charge in [0.2, 0.25) is 0 Å². The molecule has 32 heavy (non-hydrogen) atoms. The molecule has 1 saturated heterocycles. The van der Waals surface area contributed by atoms with E-state index in [1.165, 1.54) is 17.0 Å². The highest BCUT2D eigenvalue weighted by molar-refractivity contribution is 6.19. The first kappa shape index (κ1) is 21.4. The Balaban J connectivity index is 1.59. The van der Waals surface area contributed by atoms with Gasteiger partial charge in [0.05, 0.1) is 11.2 Å². The van der Waals surface area contributed by atoms with Crippen molar-refractivity contribution >= 4 is 34.2 Å². The Labute approximate surface area is 181 Å². The van der Waals surface area contributed by atoms with E-state index in [2.05, 4.69) is 9.72 Å². The van der Waals surface area contributed by atoms with Gasteiger partial charge in [-0.15, -0.1) is 13.2 Å². The number of aromatic nitrogens is 1. The average Bonchev–Trinajstić information content (AvgIpc) is 3.00. The van der Waals surface area contributed by atoms with Gasteiger partial charge in [0.25, 0.3) is 5.91 Å². The molecule has 7 nitrogen and oxygen atoms in total. The molecule has 2 aromatic carbocycles. The highest BCUT2D eigenvalue weighted by Crippen LogP contribution is 2.31. The van der Waals surface area contributed by atoms with E-state index in [1.54, 1.807) is 12.3 Å². The highest BCUT2D eigenvalue weighted by Gasteiger charge is 2.37. The van der Waals surface area contributed by atoms with Crippen molar-refractivity contribution in [2.75, 3.05) is 30.4 Å². The van der Waals surface area contributed by atoms with E-state index in [0.29, 0.717) is 0 Å². The van der Waals surface area contributed by atoms with Crippen molar-refractivity contribution < 1.29 is 27.5 Å². The summed E-state index contributed by atoms with van der Waals surface area (Å²) in [6.45, 7) is 0.0355. The number of halogens is 3. The number of alkyl halides is 3. The summed E-state index contributed by atoms with van der Waals surface area (Å²) in [7, 11) is 3.81. The molecular formula is C22H19F3N4O3. The van der Waals surface area contributed by atoms with Crippen LogP contribution in [0.2, 0.25) is 0 Å². The van der Waals surface area contributed by atoms with Gasteiger partial charge in [0.15, 0.2) is 0 Å². The molecule has 0 saturated carbocycles. The third-order valence-electron chi connectivity index (χ3n) is 5.04. The number of benzene rings is 2. The lowest BCUT2D eigenvalue weighted by molar-refractivity contribution is -0.274. The lowest BCUT2D eigenvalue weighted by Crippen LogP contribution is -2.32. The zero-order valence-electron chi connectivity index (χ0n) is 17.3. The lowest BCUT2D eigenvalue weighted by atomic mass is 10.1. The fourth-order valence-corrected chi connectivity index (χ4v) is 3.69. The summed E-state index contributed by atoms with van der Waals surface area (Å²) in [5.74, 6) is -0.901. The van der Waals surface area contributed by atoms with Gasteiger partial charge in [0, 0.05) is 37.9 Å². The number of carbonyl (C=O) groups is 2. The first-order chi connectivity index (χ1) is 15.1. The molecule has 0 radical (unpaired) electrons. The maximum absolute atomic E-state index is 13.0. The zero-order valence-corrected chi connectivity index (χ0v) is 17.3. The minimum Gasteiger partial charge on any atom is -0.406 e. The van der Waals surface area contributed by atoms with Crippen LogP contribution in [0.25, 0.3) is 10.9 Å². The number of carbonyl (C=O) groups excluding carboxylic acids is 2. The van der Waals surface area contributed by atoms with Gasteiger partial charge in [-0.25, -0.2) is 9.69 Å². The number of urea groups is 1. The fraction of sp³-hybridized carbons (Fsp3) is 0.227. The molecule has 1 aliphatic heterocycles. The Morgan fingerprint density at radius 1 is 1.06 bits per heavy atom. The SMILES string of the molecule is CN(C)c1cccc2nccc(CN3CC(=O)N(c4ccc(OC(F)(F)F)cc4)C3=O)c12. The van der Waals surface area contributed by atoms with Crippen LogP contribution in [0, 0.1) is 0 Å². The molecule has 0 spiro atoms. The van der Waals surface area contributed by atoms with Crippen LogP contribution in [0.3, 0.4) is 0 Å². The van der Waals surface area contributed by atoms with E-state index < -0.39 is 24.1 Å². The lowest BCUT2D eigenvalue weighted by Gasteiger charge is -2.21. The first-order valence-electron chi connectivity index (χ1n) is 9.65. The Hall–Kier alpha value is -3.82. The smallest absolute Gasteiger partial charge is 0.406 e. The number of hydrogen-bond acceptors (Lipinski definition) is 5. The summed E-state index contributed by atoms with van der Waals surface area (Å²) in [6.07, 6.45) is -3.17. The number of pyridine rings is 1. The Bertz CT molecular complexity index is 1170. The molecule has 166 valence electrons. The number of fused-ring (bicyclic) bond motifs is 1. The predicted octanol–water partition coefficient (Wildman–Crippen LogP) is 4.17. The van der Waals surface area contributed by atoms with E-state index in [9.17, 15) is 22.8 Å². The molecule has 0 bridgehead atoms. The maximum atomic E-state index is 13.0. The second-order valence-corrected chi connectivity index (χ2v) is 7.45. The van der Waals surface area contributed by atoms with Crippen LogP contribution in [-0.4, -0.2) is 48.8 Å². The van der Waals surface area contributed by atoms with Crippen molar-refractivity contribution in [2.45, 2.75) is 12.9 Å². The molecule has 10 heteroatoms. The molecule has 0 unspecified atom stereocenters. The van der Waals surface area contributed by atoms with Gasteiger partial charge in [-0.2, -0.15) is 0 Å². The van der Waals surface area contributed by atoms with Gasteiger partial charge < -0.3 is 14.5 Å². The van der Waals surface area contributed by atoms with E-state index in [-0.39, 0.29) is 18.8 Å². The second kappa shape index (κ2) is 8.03. The van der Waals surface area contributed by atoms with Crippen molar-refractivity contribution in [3.05, 3.63) is 60.3 Å². The summed E-state index contributed by atoms with van der Waals surface area (Å²) >= 11 is 0. The van der Waals surface area contributed by atoms with Crippen molar-refractivity contribution in [1.82, 2.24) is 9.88 Å². The quantitative estimate of drug-likeness (QED) is 0.553. The molecule has 3 aromatic rings. The van der Waals surface area contributed by atoms with Gasteiger partial charge in [0.1, 0.15) is 12.3 Å². The molecule has 0 N–H and O–H groups in total. The molecule has 1 fully saturated rings. The number of anilines is 2. The largest absolute Gasteiger partial charge is 0.573 e. The van der Waals surface area contributed by atoms with Gasteiger partial charge >= 0.3 is 12.4 Å². The summed E-state index contributed by atoms with van der Waals surface area (Å²) in [6, 6.07) is 11.6. The summed E-state index contributed by atoms with van der Waals surface area (Å²) in [5.41, 5.74) is 2.70. The average molecular weight is 444 g/mol. The molecule has 0 atom stereocenters. The molecular weight excluding hydrogens is 425 g/mol. The second-order valence-electron chi connectivity index (χ2n) is 7.45. The highest BCUT2D eigenvalue weighted by atomic mass is 19.4. The van der Waals surface area contributed by atoms with E-state index in [4.69, 9.17) is 0 Å². The van der Waals surface area contributed by atoms with Crippen molar-refractivity contribution in [2.24, 2.45) is 0 Å². The Morgan fingerprint density at radius 3 is 2.44 bits per heavy atom. The Morgan fingerprint density at radius 2 is 1.78 bits per heavy atom. The topological polar surface area (TPSA) is 66.0 Å². The molecule has 3 amide bonds. The molecule has 2 heterocycles. The normalized spacial score (nSPS) is 14.4. The molecule has 1 aromatic heterocycles. The van der Waals surface area contributed by atoms with Gasteiger partial charge in [-0.1, -0.05) is 6.07 Å². The Kier molecular flexibility index (Phi) is 5.37. The molecule has 4 rings (SSSR count). The number of rotatable bonds is 5. The first-order valence-corrected chi connectivity index (χ1v) is 9.65. The van der Waals surface area contributed by atoms with E-state index in [1.807, 2.05) is 37.2 Å². The summed E-state index contributed by atoms with van der Waals surface area (Å²) in [4.78, 5) is 34.2. The van der Waals surface area contributed by atoms with E-state index in [0.717, 1.165) is 39.2 Å². The van der Waals surface area contributed by atoms with Crippen LogP contribution in [0.15, 0.2) is 54.7 Å². The van der Waals surface area contributed by atoms with Crippen molar-refractivity contribution in [1.29, 1.82) is 0 Å². The van der Waals surface area contributed by atoms with Crippen molar-refractivity contribution in [3.8, 4) is 5.75 Å². The standard InChI is InChI=1S/C22H19F3N4O3/c1-27(2)18-5-3-4-17-20(18)14(10-11-26-17)12-28-13-19(30)29(21(28)31)15-6-8-16(9-7-15)32-22(23,24)25/h3-11H,12-13H2,1-2H3. The third kappa shape index (κ3) is 4.16. The van der Waals surface area contributed by atoms with E-state index >= 15 is 0 Å². The van der Waals surface area contributed by atoms with Gasteiger partial charge in [-0.3, -0.25) is 9.78 Å². The molecule has 0 aliphatic carbocycles. The summed E-state index contributed by atoms with van der Waals surface area (Å²) in [5, 5.41) is 0.882. The monoisotopic (exact) mass is 444 g/mol. The van der Waals surface area contributed by atoms with Crippen LogP contribution in [0.1, 0.15) is 5.56 Å². The maximum Gasteiger partial charge on any atom is 0.573 e. The van der Waals surface area contributed by atoms with Crippen LogP contribution in [-0.2, 0) is 11.3 Å². The zero-order chi connectivity index (χ0) is 23.0. The predicted molar refractivity (Wildman–Crippen MR) is 112 cm³/mol. The van der Waals surface area contributed by atoms with Crippen LogP contribution in [0.5, 0.6) is 5.75 Å². The number of hydrogen-bond donors (Lipinski definition) is 0. The van der Waals surface area contributed by atoms with Gasteiger partial charge in [-0.05, 0) is 48.0 Å². The fourth-order valence-electron chi connectivity index (χ4n) is 3.69.